The van der Waals surface area contributed by atoms with Gasteiger partial charge in [-0.05, 0) is 24.7 Å². The average molecular weight is 265 g/mol. The van der Waals surface area contributed by atoms with Crippen molar-refractivity contribution in [3.05, 3.63) is 35.4 Å². The van der Waals surface area contributed by atoms with E-state index in [1.54, 1.807) is 24.1 Å². The summed E-state index contributed by atoms with van der Waals surface area (Å²) in [6.45, 7) is 1.74. The van der Waals surface area contributed by atoms with Crippen molar-refractivity contribution < 1.29 is 14.7 Å². The molecule has 0 heterocycles. The number of carboxylic acids is 1. The quantitative estimate of drug-likeness (QED) is 0.709. The van der Waals surface area contributed by atoms with Gasteiger partial charge in [0.05, 0.1) is 5.56 Å². The smallest absolute Gasteiger partial charge is 0.335 e. The van der Waals surface area contributed by atoms with Gasteiger partial charge in [0.1, 0.15) is 0 Å². The Kier molecular flexibility index (Phi) is 5.81. The second-order valence-corrected chi connectivity index (χ2v) is 4.19. The predicted octanol–water partition coefficient (Wildman–Crippen LogP) is 0.746. The minimum Gasteiger partial charge on any atom is -0.478 e. The van der Waals surface area contributed by atoms with Crippen LogP contribution in [0.1, 0.15) is 15.9 Å². The van der Waals surface area contributed by atoms with Crippen LogP contribution in [0.2, 0.25) is 0 Å². The third-order valence-corrected chi connectivity index (χ3v) is 2.69. The number of carboxylic acid groups (broad SMARTS) is 1. The van der Waals surface area contributed by atoms with E-state index in [1.165, 1.54) is 12.1 Å². The third-order valence-electron chi connectivity index (χ3n) is 2.69. The van der Waals surface area contributed by atoms with Gasteiger partial charge in [-0.2, -0.15) is 0 Å². The second-order valence-electron chi connectivity index (χ2n) is 4.19. The van der Waals surface area contributed by atoms with Crippen molar-refractivity contribution in [1.82, 2.24) is 15.5 Å². The summed E-state index contributed by atoms with van der Waals surface area (Å²) in [7, 11) is 3.55. The van der Waals surface area contributed by atoms with Crippen LogP contribution < -0.4 is 10.6 Å². The number of urea groups is 1. The maximum atomic E-state index is 11.7. The number of nitrogens with zero attached hydrogens (tertiary/aromatic N) is 1. The van der Waals surface area contributed by atoms with Gasteiger partial charge < -0.3 is 20.6 Å². The summed E-state index contributed by atoms with van der Waals surface area (Å²) in [6.07, 6.45) is 0. The SMILES string of the molecule is CNCCN(C)C(=O)NCc1ccc(C(=O)O)cc1. The lowest BCUT2D eigenvalue weighted by Gasteiger charge is -2.17. The summed E-state index contributed by atoms with van der Waals surface area (Å²) >= 11 is 0. The minimum atomic E-state index is -0.956. The van der Waals surface area contributed by atoms with Crippen LogP contribution in [0.4, 0.5) is 4.79 Å². The number of carbonyl (C=O) groups is 2. The summed E-state index contributed by atoms with van der Waals surface area (Å²) < 4.78 is 0. The van der Waals surface area contributed by atoms with Gasteiger partial charge in [-0.25, -0.2) is 9.59 Å². The Bertz CT molecular complexity index is 431. The first kappa shape index (κ1) is 15.0. The summed E-state index contributed by atoms with van der Waals surface area (Å²) in [5, 5.41) is 14.5. The van der Waals surface area contributed by atoms with Crippen LogP contribution in [-0.2, 0) is 6.54 Å². The fourth-order valence-corrected chi connectivity index (χ4v) is 1.46. The maximum Gasteiger partial charge on any atom is 0.335 e. The van der Waals surface area contributed by atoms with Gasteiger partial charge in [-0.15, -0.1) is 0 Å². The Hall–Kier alpha value is -2.08. The standard InChI is InChI=1S/C13H19N3O3/c1-14-7-8-16(2)13(19)15-9-10-3-5-11(6-4-10)12(17)18/h3-6,14H,7-9H2,1-2H3,(H,15,19)(H,17,18). The van der Waals surface area contributed by atoms with E-state index in [0.29, 0.717) is 13.1 Å². The maximum absolute atomic E-state index is 11.7. The molecule has 0 saturated heterocycles. The molecule has 1 rings (SSSR count). The lowest BCUT2D eigenvalue weighted by molar-refractivity contribution is 0.0697. The first-order chi connectivity index (χ1) is 9.04. The van der Waals surface area contributed by atoms with Crippen molar-refractivity contribution in [2.24, 2.45) is 0 Å². The van der Waals surface area contributed by atoms with Crippen molar-refractivity contribution in [2.75, 3.05) is 27.2 Å². The van der Waals surface area contributed by atoms with Crippen molar-refractivity contribution in [2.45, 2.75) is 6.54 Å². The van der Waals surface area contributed by atoms with Crippen LogP contribution in [0.3, 0.4) is 0 Å². The normalized spacial score (nSPS) is 10.0. The number of benzene rings is 1. The van der Waals surface area contributed by atoms with Crippen LogP contribution >= 0.6 is 0 Å². The van der Waals surface area contributed by atoms with Crippen molar-refractivity contribution >= 4 is 12.0 Å². The lowest BCUT2D eigenvalue weighted by Crippen LogP contribution is -2.39. The van der Waals surface area contributed by atoms with Gasteiger partial charge >= 0.3 is 12.0 Å². The fraction of sp³-hybridized carbons (Fsp3) is 0.385. The zero-order valence-corrected chi connectivity index (χ0v) is 11.1. The molecule has 0 saturated carbocycles. The molecule has 6 nitrogen and oxygen atoms in total. The van der Waals surface area contributed by atoms with Crippen molar-refractivity contribution in [3.63, 3.8) is 0 Å². The number of likely N-dealkylation sites (N-methyl/N-ethyl adjacent to an activating group) is 2. The van der Waals surface area contributed by atoms with Gasteiger partial charge in [-0.1, -0.05) is 12.1 Å². The van der Waals surface area contributed by atoms with Crippen molar-refractivity contribution in [1.29, 1.82) is 0 Å². The van der Waals surface area contributed by atoms with Crippen molar-refractivity contribution in [3.8, 4) is 0 Å². The summed E-state index contributed by atoms with van der Waals surface area (Å²) in [6, 6.07) is 6.27. The number of hydrogen-bond donors (Lipinski definition) is 3. The average Bonchev–Trinajstić information content (AvgIpc) is 2.42. The van der Waals surface area contributed by atoms with Crippen LogP contribution in [-0.4, -0.2) is 49.2 Å². The van der Waals surface area contributed by atoms with E-state index in [4.69, 9.17) is 5.11 Å². The van der Waals surface area contributed by atoms with E-state index in [0.717, 1.165) is 12.1 Å². The third kappa shape index (κ3) is 4.97. The molecule has 0 radical (unpaired) electrons. The highest BCUT2D eigenvalue weighted by atomic mass is 16.4. The molecule has 0 aliphatic carbocycles. The first-order valence-corrected chi connectivity index (χ1v) is 6.00. The Labute approximate surface area is 112 Å². The van der Waals surface area contributed by atoms with Gasteiger partial charge in [0.2, 0.25) is 0 Å². The number of rotatable bonds is 6. The lowest BCUT2D eigenvalue weighted by atomic mass is 10.1. The molecule has 104 valence electrons. The Morgan fingerprint density at radius 2 is 1.89 bits per heavy atom. The number of nitrogens with one attached hydrogen (secondary N) is 2. The highest BCUT2D eigenvalue weighted by Gasteiger charge is 2.07. The molecule has 0 spiro atoms. The number of hydrogen-bond acceptors (Lipinski definition) is 3. The molecule has 19 heavy (non-hydrogen) atoms. The molecule has 6 heteroatoms. The Morgan fingerprint density at radius 1 is 1.26 bits per heavy atom. The molecule has 0 atom stereocenters. The number of aromatic carboxylic acids is 1. The highest BCUT2D eigenvalue weighted by molar-refractivity contribution is 5.87. The van der Waals surface area contributed by atoms with Gasteiger partial charge in [0, 0.05) is 26.7 Å². The highest BCUT2D eigenvalue weighted by Crippen LogP contribution is 2.04. The Balaban J connectivity index is 2.43. The molecule has 0 aliphatic rings. The molecule has 0 unspecified atom stereocenters. The van der Waals surface area contributed by atoms with Crippen LogP contribution in [0.15, 0.2) is 24.3 Å². The monoisotopic (exact) mass is 265 g/mol. The van der Waals surface area contributed by atoms with Gasteiger partial charge in [0.25, 0.3) is 0 Å². The van der Waals surface area contributed by atoms with E-state index in [1.807, 2.05) is 7.05 Å². The van der Waals surface area contributed by atoms with E-state index >= 15 is 0 Å². The van der Waals surface area contributed by atoms with E-state index in [9.17, 15) is 9.59 Å². The molecular formula is C13H19N3O3. The largest absolute Gasteiger partial charge is 0.478 e. The Morgan fingerprint density at radius 3 is 2.42 bits per heavy atom. The number of carbonyl (C=O) groups excluding carboxylic acids is 1. The van der Waals surface area contributed by atoms with Crippen LogP contribution in [0.25, 0.3) is 0 Å². The van der Waals surface area contributed by atoms with Gasteiger partial charge in [-0.3, -0.25) is 0 Å². The molecule has 1 aromatic carbocycles. The number of amides is 2. The molecule has 3 N–H and O–H groups in total. The predicted molar refractivity (Wildman–Crippen MR) is 72.2 cm³/mol. The second kappa shape index (κ2) is 7.38. The topological polar surface area (TPSA) is 81.7 Å². The molecule has 1 aromatic rings. The zero-order valence-electron chi connectivity index (χ0n) is 11.1. The molecule has 2 amide bonds. The molecule has 0 aromatic heterocycles. The minimum absolute atomic E-state index is 0.155. The zero-order chi connectivity index (χ0) is 14.3. The van der Waals surface area contributed by atoms with E-state index < -0.39 is 5.97 Å². The molecule has 0 aliphatic heterocycles. The molecular weight excluding hydrogens is 246 g/mol. The van der Waals surface area contributed by atoms with Crippen LogP contribution in [0.5, 0.6) is 0 Å². The van der Waals surface area contributed by atoms with Crippen LogP contribution in [0, 0.1) is 0 Å². The first-order valence-electron chi connectivity index (χ1n) is 6.00. The summed E-state index contributed by atoms with van der Waals surface area (Å²) in [4.78, 5) is 24.0. The van der Waals surface area contributed by atoms with E-state index in [2.05, 4.69) is 10.6 Å². The molecule has 0 bridgehead atoms. The van der Waals surface area contributed by atoms with E-state index in [-0.39, 0.29) is 11.6 Å². The van der Waals surface area contributed by atoms with Gasteiger partial charge in [0.15, 0.2) is 0 Å². The summed E-state index contributed by atoms with van der Waals surface area (Å²) in [5.41, 5.74) is 1.10. The summed E-state index contributed by atoms with van der Waals surface area (Å²) in [5.74, 6) is -0.956. The fourth-order valence-electron chi connectivity index (χ4n) is 1.46. The molecule has 0 fully saturated rings.